The number of nitrogens with zero attached hydrogens (tertiary/aromatic N) is 3. The van der Waals surface area contributed by atoms with Gasteiger partial charge < -0.3 is 20.3 Å². The molecular weight excluding hydrogens is 484 g/mol. The Labute approximate surface area is 192 Å². The van der Waals surface area contributed by atoms with E-state index < -0.39 is 32.5 Å². The number of hydrogen-bond acceptors (Lipinski definition) is 5. The monoisotopic (exact) mass is 499 g/mol. The fourth-order valence-corrected chi connectivity index (χ4v) is 5.41. The summed E-state index contributed by atoms with van der Waals surface area (Å²) in [6.07, 6.45) is 3.32. The number of phenols is 1. The second kappa shape index (κ2) is 8.58. The first kappa shape index (κ1) is 22.3. The maximum Gasteiger partial charge on any atom is 0.323 e. The van der Waals surface area contributed by atoms with Gasteiger partial charge >= 0.3 is 6.03 Å². The Morgan fingerprint density at radius 1 is 1.12 bits per heavy atom. The van der Waals surface area contributed by atoms with Crippen molar-refractivity contribution in [2.75, 3.05) is 17.2 Å². The van der Waals surface area contributed by atoms with E-state index in [-0.39, 0.29) is 34.5 Å². The van der Waals surface area contributed by atoms with Gasteiger partial charge in [-0.3, -0.25) is 0 Å². The van der Waals surface area contributed by atoms with Crippen molar-refractivity contribution in [3.63, 3.8) is 0 Å². The van der Waals surface area contributed by atoms with Crippen LogP contribution >= 0.6 is 23.2 Å². The first-order chi connectivity index (χ1) is 15.2. The number of urea groups is 1. The van der Waals surface area contributed by atoms with Crippen LogP contribution in [-0.4, -0.2) is 40.0 Å². The number of fused-ring (bicyclic) bond motifs is 1. The highest BCUT2D eigenvalue weighted by molar-refractivity contribution is 7.89. The van der Waals surface area contributed by atoms with Crippen LogP contribution < -0.4 is 10.6 Å². The summed E-state index contributed by atoms with van der Waals surface area (Å²) in [6.45, 7) is 0.542. The van der Waals surface area contributed by atoms with Gasteiger partial charge in [0.1, 0.15) is 16.5 Å². The third kappa shape index (κ3) is 4.11. The van der Waals surface area contributed by atoms with Crippen LogP contribution in [0.15, 0.2) is 47.6 Å². The Morgan fingerprint density at radius 3 is 2.66 bits per heavy atom. The van der Waals surface area contributed by atoms with Gasteiger partial charge in [0.2, 0.25) is 10.0 Å². The molecular formula is C19H16Cl2FN5O4S. The number of carbonyl (C=O) groups is 1. The molecule has 0 unspecified atom stereocenters. The molecule has 168 valence electrons. The predicted octanol–water partition coefficient (Wildman–Crippen LogP) is 3.88. The molecule has 9 nitrogen and oxygen atoms in total. The fourth-order valence-electron chi connectivity index (χ4n) is 3.25. The SMILES string of the molecule is O=C(Nc1ccc(Cl)c(S(=O)(=O)N2CCn3ccnc3C2)c1O)Nc1cccc(F)c1Cl. The zero-order valence-electron chi connectivity index (χ0n) is 16.2. The Morgan fingerprint density at radius 2 is 1.88 bits per heavy atom. The van der Waals surface area contributed by atoms with E-state index in [2.05, 4.69) is 15.6 Å². The molecule has 0 fully saturated rings. The van der Waals surface area contributed by atoms with Crippen LogP contribution in [0.3, 0.4) is 0 Å². The maximum absolute atomic E-state index is 13.6. The van der Waals surface area contributed by atoms with Crippen molar-refractivity contribution in [1.29, 1.82) is 0 Å². The number of benzene rings is 2. The smallest absolute Gasteiger partial charge is 0.323 e. The van der Waals surface area contributed by atoms with E-state index >= 15 is 0 Å². The molecule has 3 aromatic rings. The molecule has 0 bridgehead atoms. The number of nitrogens with one attached hydrogen (secondary N) is 2. The number of rotatable bonds is 4. The second-order valence-corrected chi connectivity index (χ2v) is 9.49. The van der Waals surface area contributed by atoms with Crippen molar-refractivity contribution in [3.8, 4) is 5.75 Å². The summed E-state index contributed by atoms with van der Waals surface area (Å²) in [4.78, 5) is 15.9. The van der Waals surface area contributed by atoms with Crippen molar-refractivity contribution in [2.45, 2.75) is 18.0 Å². The number of phenolic OH excluding ortho intramolecular Hbond substituents is 1. The van der Waals surface area contributed by atoms with E-state index in [0.29, 0.717) is 12.4 Å². The molecule has 1 aliphatic rings. The molecule has 1 aromatic heterocycles. The zero-order chi connectivity index (χ0) is 23.0. The molecule has 4 rings (SSSR count). The highest BCUT2D eigenvalue weighted by Gasteiger charge is 2.34. The van der Waals surface area contributed by atoms with Gasteiger partial charge in [0, 0.05) is 25.5 Å². The second-order valence-electron chi connectivity index (χ2n) is 6.83. The van der Waals surface area contributed by atoms with Crippen LogP contribution in [0.5, 0.6) is 5.75 Å². The fraction of sp³-hybridized carbons (Fsp3) is 0.158. The van der Waals surface area contributed by atoms with E-state index in [1.54, 1.807) is 12.4 Å². The molecule has 2 amide bonds. The molecule has 0 spiro atoms. The number of imidazole rings is 1. The first-order valence-electron chi connectivity index (χ1n) is 9.22. The minimum Gasteiger partial charge on any atom is -0.504 e. The number of amides is 2. The molecule has 2 heterocycles. The Bertz CT molecular complexity index is 1320. The van der Waals surface area contributed by atoms with Gasteiger partial charge in [-0.2, -0.15) is 4.31 Å². The summed E-state index contributed by atoms with van der Waals surface area (Å²) in [5.74, 6) is -0.905. The lowest BCUT2D eigenvalue weighted by molar-refractivity contribution is 0.262. The summed E-state index contributed by atoms with van der Waals surface area (Å²) in [5.41, 5.74) is -0.217. The summed E-state index contributed by atoms with van der Waals surface area (Å²) in [5, 5.41) is 14.8. The van der Waals surface area contributed by atoms with Crippen molar-refractivity contribution in [1.82, 2.24) is 13.9 Å². The Hall–Kier alpha value is -2.86. The largest absolute Gasteiger partial charge is 0.504 e. The lowest BCUT2D eigenvalue weighted by atomic mass is 10.3. The first-order valence-corrected chi connectivity index (χ1v) is 11.4. The summed E-state index contributed by atoms with van der Waals surface area (Å²) < 4.78 is 43.0. The molecule has 3 N–H and O–H groups in total. The van der Waals surface area contributed by atoms with Crippen molar-refractivity contribution in [3.05, 3.63) is 64.4 Å². The summed E-state index contributed by atoms with van der Waals surface area (Å²) >= 11 is 11.9. The molecule has 0 radical (unpaired) electrons. The Balaban J connectivity index is 1.60. The average Bonchev–Trinajstić information content (AvgIpc) is 3.21. The van der Waals surface area contributed by atoms with E-state index in [1.165, 1.54) is 24.3 Å². The van der Waals surface area contributed by atoms with E-state index in [0.717, 1.165) is 10.4 Å². The molecule has 1 aliphatic heterocycles. The number of aromatic hydroxyl groups is 1. The van der Waals surface area contributed by atoms with Gasteiger partial charge in [-0.1, -0.05) is 29.3 Å². The minimum absolute atomic E-state index is 0.00130. The number of hydrogen-bond donors (Lipinski definition) is 3. The third-order valence-corrected chi connectivity index (χ3v) is 7.57. The molecule has 13 heteroatoms. The molecule has 0 saturated carbocycles. The standard InChI is InChI=1S/C19H16Cl2FN5O4S/c20-11-4-5-14(25-19(29)24-13-3-1-2-12(22)16(13)21)17(28)18(11)32(30,31)27-9-8-26-7-6-23-15(26)10-27/h1-7,28H,8-10H2,(H2,24,25,29). The number of sulfonamides is 1. The van der Waals surface area contributed by atoms with Gasteiger partial charge in [-0.05, 0) is 24.3 Å². The number of halogens is 3. The summed E-state index contributed by atoms with van der Waals surface area (Å²) in [7, 11) is -4.22. The molecule has 0 saturated heterocycles. The van der Waals surface area contributed by atoms with Gasteiger partial charge in [-0.15, -0.1) is 0 Å². The van der Waals surface area contributed by atoms with Gasteiger partial charge in [-0.25, -0.2) is 22.6 Å². The quantitative estimate of drug-likeness (QED) is 0.471. The molecule has 0 atom stereocenters. The third-order valence-electron chi connectivity index (χ3n) is 4.84. The topological polar surface area (TPSA) is 117 Å². The highest BCUT2D eigenvalue weighted by atomic mass is 35.5. The lowest BCUT2D eigenvalue weighted by Gasteiger charge is -2.27. The van der Waals surface area contributed by atoms with E-state index in [9.17, 15) is 22.7 Å². The van der Waals surface area contributed by atoms with Crippen LogP contribution in [0.25, 0.3) is 0 Å². The minimum atomic E-state index is -4.22. The average molecular weight is 500 g/mol. The number of aromatic nitrogens is 2. The van der Waals surface area contributed by atoms with Crippen molar-refractivity contribution < 1.29 is 22.7 Å². The zero-order valence-corrected chi connectivity index (χ0v) is 18.5. The number of carbonyl (C=O) groups excluding carboxylic acids is 1. The molecule has 32 heavy (non-hydrogen) atoms. The maximum atomic E-state index is 13.6. The molecule has 2 aromatic carbocycles. The van der Waals surface area contributed by atoms with Gasteiger partial charge in [0.05, 0.1) is 28.0 Å². The van der Waals surface area contributed by atoms with Crippen LogP contribution in [-0.2, 0) is 23.1 Å². The normalized spacial score (nSPS) is 14.1. The summed E-state index contributed by atoms with van der Waals surface area (Å²) in [6, 6.07) is 5.46. The van der Waals surface area contributed by atoms with E-state index in [4.69, 9.17) is 23.2 Å². The van der Waals surface area contributed by atoms with Crippen LogP contribution in [0, 0.1) is 5.82 Å². The van der Waals surface area contributed by atoms with Gasteiger partial charge in [0.15, 0.2) is 5.75 Å². The van der Waals surface area contributed by atoms with Crippen LogP contribution in [0.1, 0.15) is 5.82 Å². The van der Waals surface area contributed by atoms with Crippen molar-refractivity contribution >= 4 is 50.6 Å². The highest BCUT2D eigenvalue weighted by Crippen LogP contribution is 2.39. The number of anilines is 2. The van der Waals surface area contributed by atoms with Gasteiger partial charge in [0.25, 0.3) is 0 Å². The van der Waals surface area contributed by atoms with Crippen LogP contribution in [0.2, 0.25) is 10.0 Å². The van der Waals surface area contributed by atoms with Crippen molar-refractivity contribution in [2.24, 2.45) is 0 Å². The van der Waals surface area contributed by atoms with Crippen LogP contribution in [0.4, 0.5) is 20.6 Å². The lowest BCUT2D eigenvalue weighted by Crippen LogP contribution is -2.38. The Kier molecular flexibility index (Phi) is 5.99. The molecule has 0 aliphatic carbocycles. The predicted molar refractivity (Wildman–Crippen MR) is 117 cm³/mol. The van der Waals surface area contributed by atoms with E-state index in [1.807, 2.05) is 4.57 Å².